The van der Waals surface area contributed by atoms with E-state index in [0.717, 1.165) is 11.5 Å². The number of carbonyl (C=O) groups excluding carboxylic acids is 1. The topological polar surface area (TPSA) is 258 Å². The van der Waals surface area contributed by atoms with Crippen LogP contribution in [0.2, 0.25) is 0 Å². The molecular weight excluding hydrogens is 471 g/mol. The number of nitrogens with zero attached hydrogens (tertiary/aromatic N) is 2. The average molecular weight is 485 g/mol. The Hall–Kier alpha value is -0.640. The van der Waals surface area contributed by atoms with E-state index in [4.69, 9.17) is 25.2 Å². The molecule has 28 heavy (non-hydrogen) atoms. The molecule has 160 valence electrons. The standard InChI is InChI=1S/C8H14N3O13P3S/c9-6(13)7-10-8(28-11-7)5-4(12)1-3(22-5)2-21-26(17,18)24-27(19,20)23-25(14,15)16/h3-5,12H,1-2H2,(H2,9,13)(H,17,18)(H,19,20)(H2,14,15,16)/t3-,4+,5+/m0/s1. The Morgan fingerprint density at radius 1 is 1.21 bits per heavy atom. The van der Waals surface area contributed by atoms with Gasteiger partial charge in [0.1, 0.15) is 11.1 Å². The summed E-state index contributed by atoms with van der Waals surface area (Å²) in [6, 6.07) is 0. The highest BCUT2D eigenvalue weighted by Gasteiger charge is 2.43. The lowest BCUT2D eigenvalue weighted by molar-refractivity contribution is -0.0108. The molecule has 0 bridgehead atoms. The molecule has 20 heteroatoms. The van der Waals surface area contributed by atoms with Gasteiger partial charge in [0.15, 0.2) is 0 Å². The predicted octanol–water partition coefficient (Wildman–Crippen LogP) is -0.829. The molecular formula is C8H14N3O13P3S. The van der Waals surface area contributed by atoms with Crippen LogP contribution in [0.3, 0.4) is 0 Å². The van der Waals surface area contributed by atoms with Gasteiger partial charge in [0, 0.05) is 6.42 Å². The normalized spacial score (nSPS) is 27.2. The van der Waals surface area contributed by atoms with Crippen LogP contribution < -0.4 is 5.73 Å². The smallest absolute Gasteiger partial charge is 0.390 e. The first kappa shape index (κ1) is 23.6. The number of rotatable bonds is 9. The van der Waals surface area contributed by atoms with Crippen molar-refractivity contribution in [3.8, 4) is 0 Å². The lowest BCUT2D eigenvalue weighted by Gasteiger charge is -2.17. The first-order valence-electron chi connectivity index (χ1n) is 6.93. The fourth-order valence-corrected chi connectivity index (χ4v) is 5.81. The van der Waals surface area contributed by atoms with Crippen LogP contribution in [0.15, 0.2) is 0 Å². The van der Waals surface area contributed by atoms with Crippen molar-refractivity contribution in [2.45, 2.75) is 24.7 Å². The number of phosphoric ester groups is 1. The van der Waals surface area contributed by atoms with E-state index in [-0.39, 0.29) is 17.3 Å². The maximum atomic E-state index is 11.6. The van der Waals surface area contributed by atoms with Gasteiger partial charge in [0.2, 0.25) is 5.82 Å². The molecule has 0 radical (unpaired) electrons. The second-order valence-electron chi connectivity index (χ2n) is 5.19. The quantitative estimate of drug-likeness (QED) is 0.233. The summed E-state index contributed by atoms with van der Waals surface area (Å²) in [5.74, 6) is -1.17. The van der Waals surface area contributed by atoms with E-state index in [2.05, 4.69) is 22.5 Å². The van der Waals surface area contributed by atoms with Crippen LogP contribution in [-0.2, 0) is 31.6 Å². The van der Waals surface area contributed by atoms with E-state index in [1.807, 2.05) is 0 Å². The number of ether oxygens (including phenoxy) is 1. The summed E-state index contributed by atoms with van der Waals surface area (Å²) in [4.78, 5) is 50.1. The van der Waals surface area contributed by atoms with Gasteiger partial charge >= 0.3 is 23.5 Å². The number of carbonyl (C=O) groups is 1. The number of aliphatic hydroxyl groups is 1. The Morgan fingerprint density at radius 2 is 1.86 bits per heavy atom. The maximum Gasteiger partial charge on any atom is 0.490 e. The lowest BCUT2D eigenvalue weighted by Crippen LogP contribution is -2.15. The van der Waals surface area contributed by atoms with Crippen LogP contribution in [-0.4, -0.2) is 58.8 Å². The molecule has 1 saturated heterocycles. The molecule has 1 aromatic heterocycles. The minimum Gasteiger partial charge on any atom is -0.390 e. The number of aromatic nitrogens is 2. The zero-order valence-corrected chi connectivity index (χ0v) is 16.9. The zero-order chi connectivity index (χ0) is 21.3. The van der Waals surface area contributed by atoms with Gasteiger partial charge in [-0.3, -0.25) is 9.32 Å². The summed E-state index contributed by atoms with van der Waals surface area (Å²) in [5.41, 5.74) is 5.02. The van der Waals surface area contributed by atoms with Crippen molar-refractivity contribution in [2.24, 2.45) is 5.73 Å². The Morgan fingerprint density at radius 3 is 2.39 bits per heavy atom. The minimum absolute atomic E-state index is 0.113. The van der Waals surface area contributed by atoms with Crippen molar-refractivity contribution in [2.75, 3.05) is 6.61 Å². The fraction of sp³-hybridized carbons (Fsp3) is 0.625. The Bertz CT molecular complexity index is 871. The third-order valence-electron chi connectivity index (χ3n) is 2.94. The first-order chi connectivity index (χ1) is 12.7. The van der Waals surface area contributed by atoms with E-state index in [0.29, 0.717) is 0 Å². The molecule has 7 N–H and O–H groups in total. The van der Waals surface area contributed by atoms with Crippen molar-refractivity contribution in [3.05, 3.63) is 10.8 Å². The predicted molar refractivity (Wildman–Crippen MR) is 86.5 cm³/mol. The van der Waals surface area contributed by atoms with Crippen molar-refractivity contribution in [3.63, 3.8) is 0 Å². The van der Waals surface area contributed by atoms with Crippen LogP contribution in [0.1, 0.15) is 28.2 Å². The molecule has 5 atom stereocenters. The van der Waals surface area contributed by atoms with Gasteiger partial charge in [-0.1, -0.05) is 0 Å². The van der Waals surface area contributed by atoms with Crippen molar-refractivity contribution in [1.29, 1.82) is 0 Å². The van der Waals surface area contributed by atoms with Crippen molar-refractivity contribution in [1.82, 2.24) is 9.36 Å². The Labute approximate surface area is 159 Å². The van der Waals surface area contributed by atoms with Crippen molar-refractivity contribution >= 4 is 40.9 Å². The highest BCUT2D eigenvalue weighted by atomic mass is 32.1. The number of nitrogens with two attached hydrogens (primary N) is 1. The molecule has 0 aliphatic carbocycles. The van der Waals surface area contributed by atoms with Crippen LogP contribution in [0, 0.1) is 0 Å². The van der Waals surface area contributed by atoms with Gasteiger partial charge in [-0.2, -0.15) is 13.0 Å². The van der Waals surface area contributed by atoms with E-state index in [1.54, 1.807) is 0 Å². The fourth-order valence-electron chi connectivity index (χ4n) is 2.01. The van der Waals surface area contributed by atoms with Gasteiger partial charge < -0.3 is 35.2 Å². The summed E-state index contributed by atoms with van der Waals surface area (Å²) in [6.45, 7) is -0.723. The molecule has 1 aliphatic heterocycles. The second kappa shape index (κ2) is 8.62. The molecule has 2 heterocycles. The number of aliphatic hydroxyl groups excluding tert-OH is 1. The molecule has 1 amide bonds. The maximum absolute atomic E-state index is 11.6. The monoisotopic (exact) mass is 485 g/mol. The second-order valence-corrected chi connectivity index (χ2v) is 10.4. The van der Waals surface area contributed by atoms with Gasteiger partial charge in [-0.05, 0) is 11.5 Å². The van der Waals surface area contributed by atoms with E-state index in [1.165, 1.54) is 0 Å². The van der Waals surface area contributed by atoms with Gasteiger partial charge in [-0.25, -0.2) is 18.7 Å². The summed E-state index contributed by atoms with van der Waals surface area (Å²) in [6.07, 6.45) is -3.32. The number of primary amides is 1. The van der Waals surface area contributed by atoms with E-state index >= 15 is 0 Å². The van der Waals surface area contributed by atoms with Gasteiger partial charge in [0.05, 0.1) is 18.8 Å². The lowest BCUT2D eigenvalue weighted by atomic mass is 10.1. The number of hydrogen-bond donors (Lipinski definition) is 6. The number of amides is 1. The highest BCUT2D eigenvalue weighted by molar-refractivity contribution is 7.66. The van der Waals surface area contributed by atoms with Crippen LogP contribution in [0.25, 0.3) is 0 Å². The third-order valence-corrected chi connectivity index (χ3v) is 7.52. The Balaban J connectivity index is 1.93. The molecule has 2 unspecified atom stereocenters. The van der Waals surface area contributed by atoms with Crippen LogP contribution >= 0.6 is 35.0 Å². The molecule has 0 spiro atoms. The molecule has 0 aromatic carbocycles. The number of hydrogen-bond acceptors (Lipinski definition) is 12. The van der Waals surface area contributed by atoms with Gasteiger partial charge in [0.25, 0.3) is 5.91 Å². The molecule has 2 rings (SSSR count). The summed E-state index contributed by atoms with van der Waals surface area (Å²) >= 11 is 0.741. The molecule has 0 saturated carbocycles. The summed E-state index contributed by atoms with van der Waals surface area (Å²) < 4.78 is 54.0. The molecule has 16 nitrogen and oxygen atoms in total. The number of phosphoric acid groups is 3. The SMILES string of the molecule is NC(=O)c1nsc([C@@H]2O[C@H](COP(=O)(O)OP(=O)(O)OP(=O)(O)O)C[C@H]2O)n1. The van der Waals surface area contributed by atoms with Crippen molar-refractivity contribution < 1.29 is 61.1 Å². The third kappa shape index (κ3) is 7.00. The van der Waals surface area contributed by atoms with Crippen LogP contribution in [0.4, 0.5) is 0 Å². The summed E-state index contributed by atoms with van der Waals surface area (Å²) in [7, 11) is -16.4. The molecule has 1 aromatic rings. The largest absolute Gasteiger partial charge is 0.490 e. The average Bonchev–Trinajstić information content (AvgIpc) is 3.07. The minimum atomic E-state index is -5.63. The molecule has 1 fully saturated rings. The van der Waals surface area contributed by atoms with Crippen LogP contribution in [0.5, 0.6) is 0 Å². The first-order valence-corrected chi connectivity index (χ1v) is 12.2. The summed E-state index contributed by atoms with van der Waals surface area (Å²) in [5, 5.41) is 10.1. The Kier molecular flexibility index (Phi) is 7.27. The van der Waals surface area contributed by atoms with E-state index in [9.17, 15) is 28.5 Å². The molecule has 1 aliphatic rings. The zero-order valence-electron chi connectivity index (χ0n) is 13.4. The highest BCUT2D eigenvalue weighted by Crippen LogP contribution is 2.66. The van der Waals surface area contributed by atoms with E-state index < -0.39 is 54.3 Å². The van der Waals surface area contributed by atoms with Gasteiger partial charge in [-0.15, -0.1) is 0 Å².